The number of aromatic nitrogens is 2. The molecule has 0 amide bonds. The highest BCUT2D eigenvalue weighted by molar-refractivity contribution is 14.1. The number of nitrogens with zero attached hydrogens (tertiary/aromatic N) is 2. The molecule has 2 aromatic rings. The third-order valence-electron chi connectivity index (χ3n) is 2.27. The Kier molecular flexibility index (Phi) is 3.75. The van der Waals surface area contributed by atoms with E-state index in [4.69, 9.17) is 0 Å². The Morgan fingerprint density at radius 2 is 2.25 bits per heavy atom. The van der Waals surface area contributed by atoms with Crippen molar-refractivity contribution in [3.63, 3.8) is 0 Å². The second-order valence-electron chi connectivity index (χ2n) is 3.27. The van der Waals surface area contributed by atoms with Gasteiger partial charge in [-0.3, -0.25) is 0 Å². The highest BCUT2D eigenvalue weighted by atomic mass is 127. The first-order valence-corrected chi connectivity index (χ1v) is 7.05. The maximum atomic E-state index is 4.59. The number of nitrogens with one attached hydrogen (secondary N) is 1. The molecule has 0 spiro atoms. The predicted molar refractivity (Wildman–Crippen MR) is 77.0 cm³/mol. The van der Waals surface area contributed by atoms with E-state index in [-0.39, 0.29) is 0 Å². The predicted octanol–water partition coefficient (Wildman–Crippen LogP) is 3.41. The second-order valence-corrected chi connectivity index (χ2v) is 5.13. The molecule has 84 valence electrons. The summed E-state index contributed by atoms with van der Waals surface area (Å²) < 4.78 is 1.11. The average molecular weight is 345 g/mol. The van der Waals surface area contributed by atoms with Crippen LogP contribution in [0.1, 0.15) is 12.6 Å². The van der Waals surface area contributed by atoms with Crippen LogP contribution < -0.4 is 5.32 Å². The maximum absolute atomic E-state index is 4.59. The number of hydrogen-bond donors (Lipinski definition) is 1. The van der Waals surface area contributed by atoms with Crippen LogP contribution in [-0.2, 0) is 6.42 Å². The van der Waals surface area contributed by atoms with Crippen molar-refractivity contribution in [1.29, 1.82) is 0 Å². The molecule has 0 aromatic carbocycles. The van der Waals surface area contributed by atoms with Crippen molar-refractivity contribution in [2.45, 2.75) is 13.3 Å². The zero-order valence-corrected chi connectivity index (χ0v) is 12.1. The molecule has 0 atom stereocenters. The number of rotatable bonds is 3. The van der Waals surface area contributed by atoms with Gasteiger partial charge in [0.1, 0.15) is 5.82 Å². The molecule has 2 rings (SSSR count). The van der Waals surface area contributed by atoms with Gasteiger partial charge < -0.3 is 5.32 Å². The van der Waals surface area contributed by atoms with Crippen molar-refractivity contribution >= 4 is 39.7 Å². The Balaban J connectivity index is 2.56. The molecule has 0 aliphatic rings. The van der Waals surface area contributed by atoms with E-state index >= 15 is 0 Å². The van der Waals surface area contributed by atoms with Crippen LogP contribution >= 0.6 is 33.9 Å². The van der Waals surface area contributed by atoms with E-state index < -0.39 is 0 Å². The quantitative estimate of drug-likeness (QED) is 0.867. The summed E-state index contributed by atoms with van der Waals surface area (Å²) in [6.07, 6.45) is 0.923. The fourth-order valence-corrected chi connectivity index (χ4v) is 2.94. The van der Waals surface area contributed by atoms with Crippen LogP contribution in [0, 0.1) is 3.57 Å². The van der Waals surface area contributed by atoms with Gasteiger partial charge >= 0.3 is 0 Å². The molecule has 1 N–H and O–H groups in total. The molecule has 0 bridgehead atoms. The standard InChI is InChI=1S/C11H12IN3S/c1-3-8-9(12)11(13-2)15-10(14-8)7-4-5-16-6-7/h4-6H,3H2,1-2H3,(H,13,14,15). The summed E-state index contributed by atoms with van der Waals surface area (Å²) in [5, 5.41) is 7.23. The molecular formula is C11H12IN3S. The summed E-state index contributed by atoms with van der Waals surface area (Å²) in [6.45, 7) is 2.11. The molecule has 0 fully saturated rings. The molecule has 3 nitrogen and oxygen atoms in total. The number of hydrogen-bond acceptors (Lipinski definition) is 4. The lowest BCUT2D eigenvalue weighted by atomic mass is 10.2. The van der Waals surface area contributed by atoms with Crippen molar-refractivity contribution < 1.29 is 0 Å². The van der Waals surface area contributed by atoms with E-state index in [9.17, 15) is 0 Å². The third kappa shape index (κ3) is 2.20. The van der Waals surface area contributed by atoms with Crippen molar-refractivity contribution in [2.75, 3.05) is 12.4 Å². The Morgan fingerprint density at radius 1 is 1.44 bits per heavy atom. The fourth-order valence-electron chi connectivity index (χ4n) is 1.41. The summed E-state index contributed by atoms with van der Waals surface area (Å²) in [5.41, 5.74) is 2.19. The zero-order chi connectivity index (χ0) is 11.5. The van der Waals surface area contributed by atoms with Crippen LogP contribution in [0.15, 0.2) is 16.8 Å². The lowest BCUT2D eigenvalue weighted by Crippen LogP contribution is -2.04. The van der Waals surface area contributed by atoms with Crippen LogP contribution in [0.25, 0.3) is 11.4 Å². The van der Waals surface area contributed by atoms with Gasteiger partial charge in [0, 0.05) is 18.0 Å². The molecule has 5 heteroatoms. The Morgan fingerprint density at radius 3 is 2.81 bits per heavy atom. The van der Waals surface area contributed by atoms with Crippen LogP contribution in [-0.4, -0.2) is 17.0 Å². The molecule has 0 saturated carbocycles. The summed E-state index contributed by atoms with van der Waals surface area (Å²) in [4.78, 5) is 9.11. The van der Waals surface area contributed by atoms with E-state index in [0.717, 1.165) is 32.9 Å². The van der Waals surface area contributed by atoms with Crippen molar-refractivity contribution in [3.05, 3.63) is 26.1 Å². The van der Waals surface area contributed by atoms with Gasteiger partial charge in [0.25, 0.3) is 0 Å². The SMILES string of the molecule is CCc1nc(-c2ccsc2)nc(NC)c1I. The summed E-state index contributed by atoms with van der Waals surface area (Å²) in [6, 6.07) is 2.05. The Hall–Kier alpha value is -0.690. The lowest BCUT2D eigenvalue weighted by molar-refractivity contribution is 0.990. The van der Waals surface area contributed by atoms with Crippen molar-refractivity contribution in [1.82, 2.24) is 9.97 Å². The van der Waals surface area contributed by atoms with Gasteiger partial charge in [-0.2, -0.15) is 11.3 Å². The normalized spacial score (nSPS) is 10.4. The number of anilines is 1. The molecule has 0 unspecified atom stereocenters. The number of thiophene rings is 1. The summed E-state index contributed by atoms with van der Waals surface area (Å²) >= 11 is 3.95. The smallest absolute Gasteiger partial charge is 0.162 e. The molecule has 0 aliphatic heterocycles. The van der Waals surface area contributed by atoms with Crippen LogP contribution in [0.3, 0.4) is 0 Å². The fraction of sp³-hybridized carbons (Fsp3) is 0.273. The average Bonchev–Trinajstić information content (AvgIpc) is 2.83. The van der Waals surface area contributed by atoms with Crippen LogP contribution in [0.5, 0.6) is 0 Å². The van der Waals surface area contributed by atoms with E-state index in [1.807, 2.05) is 18.5 Å². The largest absolute Gasteiger partial charge is 0.372 e. The van der Waals surface area contributed by atoms with Gasteiger partial charge in [0.05, 0.1) is 9.26 Å². The van der Waals surface area contributed by atoms with Gasteiger partial charge in [-0.1, -0.05) is 6.92 Å². The third-order valence-corrected chi connectivity index (χ3v) is 4.09. The lowest BCUT2D eigenvalue weighted by Gasteiger charge is -2.09. The van der Waals surface area contributed by atoms with Gasteiger partial charge in [-0.25, -0.2) is 9.97 Å². The number of aryl methyl sites for hydroxylation is 1. The monoisotopic (exact) mass is 345 g/mol. The van der Waals surface area contributed by atoms with Crippen molar-refractivity contribution in [3.8, 4) is 11.4 Å². The first kappa shape index (κ1) is 11.8. The zero-order valence-electron chi connectivity index (χ0n) is 9.12. The summed E-state index contributed by atoms with van der Waals surface area (Å²) in [7, 11) is 1.89. The Bertz CT molecular complexity index is 457. The van der Waals surface area contributed by atoms with Gasteiger partial charge in [-0.15, -0.1) is 0 Å². The highest BCUT2D eigenvalue weighted by Gasteiger charge is 2.11. The first-order valence-electron chi connectivity index (χ1n) is 5.03. The van der Waals surface area contributed by atoms with Crippen LogP contribution in [0.4, 0.5) is 5.82 Å². The minimum Gasteiger partial charge on any atom is -0.372 e. The molecule has 0 radical (unpaired) electrons. The number of halogens is 1. The van der Waals surface area contributed by atoms with E-state index in [1.165, 1.54) is 0 Å². The summed E-state index contributed by atoms with van der Waals surface area (Å²) in [5.74, 6) is 1.72. The first-order chi connectivity index (χ1) is 7.76. The topological polar surface area (TPSA) is 37.8 Å². The molecule has 0 saturated heterocycles. The van der Waals surface area contributed by atoms with E-state index in [0.29, 0.717) is 0 Å². The highest BCUT2D eigenvalue weighted by Crippen LogP contribution is 2.25. The maximum Gasteiger partial charge on any atom is 0.162 e. The van der Waals surface area contributed by atoms with Crippen LogP contribution in [0.2, 0.25) is 0 Å². The van der Waals surface area contributed by atoms with E-state index in [2.05, 4.69) is 50.2 Å². The molecule has 2 heterocycles. The molecule has 2 aromatic heterocycles. The molecule has 0 aliphatic carbocycles. The van der Waals surface area contributed by atoms with Gasteiger partial charge in [-0.05, 0) is 40.5 Å². The van der Waals surface area contributed by atoms with Crippen molar-refractivity contribution in [2.24, 2.45) is 0 Å². The minimum absolute atomic E-state index is 0.808. The Labute approximate surface area is 112 Å². The van der Waals surface area contributed by atoms with Gasteiger partial charge in [0.15, 0.2) is 5.82 Å². The minimum atomic E-state index is 0.808. The molecule has 16 heavy (non-hydrogen) atoms. The molecular weight excluding hydrogens is 333 g/mol. The second kappa shape index (κ2) is 5.09. The van der Waals surface area contributed by atoms with Gasteiger partial charge in [0.2, 0.25) is 0 Å². The van der Waals surface area contributed by atoms with E-state index in [1.54, 1.807) is 11.3 Å².